The Bertz CT molecular complexity index is 1010. The number of hydrogen-bond acceptors (Lipinski definition) is 6. The highest BCUT2D eigenvalue weighted by Crippen LogP contribution is 2.24. The van der Waals surface area contributed by atoms with E-state index in [1.807, 2.05) is 13.0 Å². The van der Waals surface area contributed by atoms with Gasteiger partial charge in [-0.1, -0.05) is 26.0 Å². The Labute approximate surface area is 193 Å². The number of para-hydroxylation sites is 2. The summed E-state index contributed by atoms with van der Waals surface area (Å²) in [6.45, 7) is 6.70. The zero-order valence-corrected chi connectivity index (χ0v) is 20.1. The van der Waals surface area contributed by atoms with Gasteiger partial charge in [-0.15, -0.1) is 11.8 Å². The van der Waals surface area contributed by atoms with Crippen LogP contribution < -0.4 is 15.4 Å². The molecule has 2 aromatic rings. The fourth-order valence-corrected chi connectivity index (χ4v) is 4.97. The normalized spacial score (nSPS) is 11.2. The molecule has 2 N–H and O–H groups in total. The monoisotopic (exact) mass is 479 g/mol. The maximum absolute atomic E-state index is 12.5. The molecule has 2 amide bonds. The lowest BCUT2D eigenvalue weighted by Crippen LogP contribution is -2.30. The van der Waals surface area contributed by atoms with Crippen molar-refractivity contribution in [3.63, 3.8) is 0 Å². The SMILES string of the molecule is CCOc1ccccc1NC(=O)CSCC(=O)Nc1ccc(S(=O)(=O)N(CC)CC)cc1. The van der Waals surface area contributed by atoms with Gasteiger partial charge < -0.3 is 15.4 Å². The minimum Gasteiger partial charge on any atom is -0.492 e. The fraction of sp³-hybridized carbons (Fsp3) is 0.364. The predicted molar refractivity (Wildman–Crippen MR) is 129 cm³/mol. The molecule has 0 aliphatic heterocycles. The van der Waals surface area contributed by atoms with Crippen LogP contribution in [0.1, 0.15) is 20.8 Å². The summed E-state index contributed by atoms with van der Waals surface area (Å²) in [6.07, 6.45) is 0. The molecule has 8 nitrogen and oxygen atoms in total. The van der Waals surface area contributed by atoms with Crippen LogP contribution in [0.4, 0.5) is 11.4 Å². The summed E-state index contributed by atoms with van der Waals surface area (Å²) in [6, 6.07) is 13.2. The Morgan fingerprint density at radius 2 is 1.50 bits per heavy atom. The van der Waals surface area contributed by atoms with Gasteiger partial charge in [-0.25, -0.2) is 8.42 Å². The van der Waals surface area contributed by atoms with E-state index in [4.69, 9.17) is 4.74 Å². The maximum atomic E-state index is 12.5. The molecule has 0 bridgehead atoms. The van der Waals surface area contributed by atoms with Crippen LogP contribution in [0.25, 0.3) is 0 Å². The Morgan fingerprint density at radius 3 is 2.09 bits per heavy atom. The molecular weight excluding hydrogens is 450 g/mol. The molecule has 0 heterocycles. The lowest BCUT2D eigenvalue weighted by molar-refractivity contribution is -0.114. The van der Waals surface area contributed by atoms with Crippen LogP contribution in [0.15, 0.2) is 53.4 Å². The molecule has 0 aliphatic rings. The highest BCUT2D eigenvalue weighted by molar-refractivity contribution is 8.00. The summed E-state index contributed by atoms with van der Waals surface area (Å²) in [5, 5.41) is 5.49. The van der Waals surface area contributed by atoms with Gasteiger partial charge in [0.25, 0.3) is 0 Å². The summed E-state index contributed by atoms with van der Waals surface area (Å²) in [4.78, 5) is 24.5. The molecule has 0 fully saturated rings. The van der Waals surface area contributed by atoms with Crippen molar-refractivity contribution in [3.05, 3.63) is 48.5 Å². The van der Waals surface area contributed by atoms with Crippen LogP contribution in [0, 0.1) is 0 Å². The van der Waals surface area contributed by atoms with E-state index in [0.717, 1.165) is 0 Å². The minimum atomic E-state index is -3.54. The third-order valence-corrected chi connectivity index (χ3v) is 7.41. The second-order valence-electron chi connectivity index (χ2n) is 6.63. The number of carbonyl (C=O) groups is 2. The summed E-state index contributed by atoms with van der Waals surface area (Å²) >= 11 is 1.18. The maximum Gasteiger partial charge on any atom is 0.243 e. The van der Waals surface area contributed by atoms with Gasteiger partial charge in [-0.05, 0) is 43.3 Å². The number of hydrogen-bond donors (Lipinski definition) is 2. The van der Waals surface area contributed by atoms with Gasteiger partial charge in [-0.3, -0.25) is 9.59 Å². The first-order chi connectivity index (χ1) is 15.3. The van der Waals surface area contributed by atoms with E-state index in [-0.39, 0.29) is 28.2 Å². The van der Waals surface area contributed by atoms with Crippen LogP contribution in [0.3, 0.4) is 0 Å². The first-order valence-electron chi connectivity index (χ1n) is 10.3. The number of sulfonamides is 1. The van der Waals surface area contributed by atoms with Crippen molar-refractivity contribution in [1.82, 2.24) is 4.31 Å². The molecule has 0 atom stereocenters. The average molecular weight is 480 g/mol. The number of nitrogens with one attached hydrogen (secondary N) is 2. The lowest BCUT2D eigenvalue weighted by atomic mass is 10.3. The van der Waals surface area contributed by atoms with Crippen LogP contribution in [-0.2, 0) is 19.6 Å². The van der Waals surface area contributed by atoms with Crippen molar-refractivity contribution in [3.8, 4) is 5.75 Å². The number of carbonyl (C=O) groups excluding carboxylic acids is 2. The van der Waals surface area contributed by atoms with E-state index < -0.39 is 10.0 Å². The summed E-state index contributed by atoms with van der Waals surface area (Å²) < 4.78 is 31.9. The van der Waals surface area contributed by atoms with E-state index in [2.05, 4.69) is 10.6 Å². The molecule has 2 aromatic carbocycles. The molecule has 0 aliphatic carbocycles. The number of ether oxygens (including phenoxy) is 1. The minimum absolute atomic E-state index is 0.0834. The Kier molecular flexibility index (Phi) is 10.0. The molecule has 0 unspecified atom stereocenters. The molecule has 10 heteroatoms. The van der Waals surface area contributed by atoms with Crippen molar-refractivity contribution in [2.45, 2.75) is 25.7 Å². The molecule has 0 radical (unpaired) electrons. The average Bonchev–Trinajstić information content (AvgIpc) is 2.76. The standard InChI is InChI=1S/C22H29N3O5S2/c1-4-25(5-2)32(28,29)18-13-11-17(12-14-18)23-21(26)15-31-16-22(27)24-19-9-7-8-10-20(19)30-6-3/h7-14H,4-6,15-16H2,1-3H3,(H,23,26)(H,24,27). The first-order valence-corrected chi connectivity index (χ1v) is 12.9. The molecule has 0 spiro atoms. The molecule has 0 saturated carbocycles. The van der Waals surface area contributed by atoms with Gasteiger partial charge in [0.15, 0.2) is 0 Å². The second-order valence-corrected chi connectivity index (χ2v) is 9.56. The Morgan fingerprint density at radius 1 is 0.906 bits per heavy atom. The third kappa shape index (κ3) is 7.25. The number of nitrogens with zero attached hydrogens (tertiary/aromatic N) is 1. The van der Waals surface area contributed by atoms with Gasteiger partial charge >= 0.3 is 0 Å². The van der Waals surface area contributed by atoms with Gasteiger partial charge in [0.1, 0.15) is 5.75 Å². The third-order valence-electron chi connectivity index (χ3n) is 4.41. The van der Waals surface area contributed by atoms with Gasteiger partial charge in [0.2, 0.25) is 21.8 Å². The topological polar surface area (TPSA) is 105 Å². The number of benzene rings is 2. The van der Waals surface area contributed by atoms with E-state index in [1.54, 1.807) is 44.2 Å². The summed E-state index contributed by atoms with van der Waals surface area (Å²) in [7, 11) is -3.54. The zero-order chi connectivity index (χ0) is 23.6. The smallest absolute Gasteiger partial charge is 0.243 e. The van der Waals surface area contributed by atoms with E-state index in [1.165, 1.54) is 28.2 Å². The summed E-state index contributed by atoms with van der Waals surface area (Å²) in [5.41, 5.74) is 1.08. The summed E-state index contributed by atoms with van der Waals surface area (Å²) in [5.74, 6) is 0.268. The molecule has 2 rings (SSSR count). The van der Waals surface area contributed by atoms with Crippen LogP contribution in [0.5, 0.6) is 5.75 Å². The second kappa shape index (κ2) is 12.5. The van der Waals surface area contributed by atoms with E-state index in [9.17, 15) is 18.0 Å². The van der Waals surface area contributed by atoms with Crippen LogP contribution in [0.2, 0.25) is 0 Å². The van der Waals surface area contributed by atoms with Crippen LogP contribution >= 0.6 is 11.8 Å². The molecule has 32 heavy (non-hydrogen) atoms. The number of anilines is 2. The zero-order valence-electron chi connectivity index (χ0n) is 18.5. The first kappa shape index (κ1) is 25.7. The number of rotatable bonds is 12. The number of amides is 2. The van der Waals surface area contributed by atoms with E-state index >= 15 is 0 Å². The lowest BCUT2D eigenvalue weighted by Gasteiger charge is -2.18. The molecule has 174 valence electrons. The quantitative estimate of drug-likeness (QED) is 0.483. The van der Waals surface area contributed by atoms with E-state index in [0.29, 0.717) is 36.8 Å². The van der Waals surface area contributed by atoms with Crippen molar-refractivity contribution >= 4 is 45.0 Å². The molecule has 0 saturated heterocycles. The highest BCUT2D eigenvalue weighted by Gasteiger charge is 2.21. The Balaban J connectivity index is 1.83. The van der Waals surface area contributed by atoms with Gasteiger partial charge in [-0.2, -0.15) is 4.31 Å². The van der Waals surface area contributed by atoms with Crippen molar-refractivity contribution in [2.75, 3.05) is 41.8 Å². The highest BCUT2D eigenvalue weighted by atomic mass is 32.2. The van der Waals surface area contributed by atoms with Crippen molar-refractivity contribution in [1.29, 1.82) is 0 Å². The van der Waals surface area contributed by atoms with Gasteiger partial charge in [0, 0.05) is 18.8 Å². The van der Waals surface area contributed by atoms with Crippen molar-refractivity contribution in [2.24, 2.45) is 0 Å². The Hall–Kier alpha value is -2.56. The fourth-order valence-electron chi connectivity index (χ4n) is 2.89. The molecular formula is C22H29N3O5S2. The van der Waals surface area contributed by atoms with Crippen LogP contribution in [-0.4, -0.2) is 55.7 Å². The predicted octanol–water partition coefficient (Wildman–Crippen LogP) is 3.43. The largest absolute Gasteiger partial charge is 0.492 e. The van der Waals surface area contributed by atoms with Crippen molar-refractivity contribution < 1.29 is 22.7 Å². The molecule has 0 aromatic heterocycles. The number of thioether (sulfide) groups is 1. The van der Waals surface area contributed by atoms with Gasteiger partial charge in [0.05, 0.1) is 28.7 Å².